The van der Waals surface area contributed by atoms with Crippen molar-refractivity contribution >= 4 is 20.9 Å². The van der Waals surface area contributed by atoms with Gasteiger partial charge in [-0.15, -0.1) is 0 Å². The highest BCUT2D eigenvalue weighted by molar-refractivity contribution is 7.90. The smallest absolute Gasteiger partial charge is 0.268 e. The third-order valence-corrected chi connectivity index (χ3v) is 5.91. The first-order valence-corrected chi connectivity index (χ1v) is 8.85. The van der Waals surface area contributed by atoms with Crippen LogP contribution in [0.1, 0.15) is 17.2 Å². The molecule has 3 aromatic rings. The van der Waals surface area contributed by atoms with Crippen molar-refractivity contribution in [1.29, 1.82) is 0 Å². The maximum Gasteiger partial charge on any atom is 0.268 e. The van der Waals surface area contributed by atoms with E-state index in [1.165, 1.54) is 3.97 Å². The Labute approximate surface area is 134 Å². The molecule has 1 unspecified atom stereocenters. The minimum Gasteiger partial charge on any atom is -0.387 e. The second-order valence-corrected chi connectivity index (χ2v) is 7.47. The van der Waals surface area contributed by atoms with Crippen molar-refractivity contribution in [3.8, 4) is 0 Å². The Hall–Kier alpha value is -2.15. The largest absolute Gasteiger partial charge is 0.387 e. The van der Waals surface area contributed by atoms with Crippen LogP contribution in [0.25, 0.3) is 10.9 Å². The summed E-state index contributed by atoms with van der Waals surface area (Å²) >= 11 is 0. The van der Waals surface area contributed by atoms with E-state index in [1.54, 1.807) is 42.6 Å². The van der Waals surface area contributed by atoms with Crippen LogP contribution in [0, 0.1) is 0 Å². The quantitative estimate of drug-likeness (QED) is 0.755. The van der Waals surface area contributed by atoms with Crippen LogP contribution < -0.4 is 5.32 Å². The van der Waals surface area contributed by atoms with Gasteiger partial charge in [-0.05, 0) is 23.8 Å². The minimum atomic E-state index is -3.69. The summed E-state index contributed by atoms with van der Waals surface area (Å²) in [5.74, 6) is 0. The molecular weight excluding hydrogens is 312 g/mol. The second-order valence-electron chi connectivity index (χ2n) is 5.66. The summed E-state index contributed by atoms with van der Waals surface area (Å²) in [4.78, 5) is 0.235. The number of nitrogens with one attached hydrogen (secondary N) is 1. The van der Waals surface area contributed by atoms with Crippen LogP contribution in [0.5, 0.6) is 0 Å². The summed E-state index contributed by atoms with van der Waals surface area (Å²) < 4.78 is 27.2. The summed E-state index contributed by atoms with van der Waals surface area (Å²) in [7, 11) is -3.69. The fraction of sp³-hybridized carbons (Fsp3) is 0.176. The average molecular weight is 328 g/mol. The monoisotopic (exact) mass is 328 g/mol. The molecule has 0 bridgehead atoms. The number of nitrogens with zero attached hydrogens (tertiary/aromatic N) is 1. The molecule has 0 amide bonds. The highest BCUT2D eigenvalue weighted by atomic mass is 32.2. The van der Waals surface area contributed by atoms with Crippen LogP contribution in [0.2, 0.25) is 0 Å². The lowest BCUT2D eigenvalue weighted by Gasteiger charge is -2.09. The third-order valence-electron chi connectivity index (χ3n) is 4.22. The lowest BCUT2D eigenvalue weighted by molar-refractivity contribution is 0.177. The number of benzene rings is 2. The summed E-state index contributed by atoms with van der Waals surface area (Å²) in [6.45, 7) is 1.01. The number of hydrogen-bond acceptors (Lipinski definition) is 4. The SMILES string of the molecule is O=S(=O)(c1ccccc1)n1cc2c3c(cccc31)CNCC2O. The van der Waals surface area contributed by atoms with Crippen LogP contribution in [0.4, 0.5) is 0 Å². The van der Waals surface area contributed by atoms with E-state index < -0.39 is 16.1 Å². The Bertz CT molecular complexity index is 978. The Kier molecular flexibility index (Phi) is 3.26. The molecule has 2 N–H and O–H groups in total. The average Bonchev–Trinajstić information content (AvgIpc) is 2.89. The molecule has 1 aliphatic rings. The van der Waals surface area contributed by atoms with Crippen molar-refractivity contribution in [2.45, 2.75) is 17.5 Å². The van der Waals surface area contributed by atoms with Gasteiger partial charge in [0.1, 0.15) is 0 Å². The Morgan fingerprint density at radius 1 is 1.09 bits per heavy atom. The molecule has 2 aromatic carbocycles. The van der Waals surface area contributed by atoms with Crippen molar-refractivity contribution in [3.05, 3.63) is 65.9 Å². The van der Waals surface area contributed by atoms with Crippen molar-refractivity contribution in [1.82, 2.24) is 9.29 Å². The van der Waals surface area contributed by atoms with Gasteiger partial charge in [-0.2, -0.15) is 0 Å². The fourth-order valence-corrected chi connectivity index (χ4v) is 4.51. The lowest BCUT2D eigenvalue weighted by atomic mass is 10.0. The third kappa shape index (κ3) is 2.18. The molecule has 0 radical (unpaired) electrons. The molecule has 1 atom stereocenters. The zero-order chi connectivity index (χ0) is 16.0. The number of aliphatic hydroxyl groups is 1. The normalized spacial score (nSPS) is 18.0. The van der Waals surface area contributed by atoms with Gasteiger partial charge in [-0.3, -0.25) is 0 Å². The van der Waals surface area contributed by atoms with Crippen molar-refractivity contribution in [3.63, 3.8) is 0 Å². The van der Waals surface area contributed by atoms with Gasteiger partial charge < -0.3 is 10.4 Å². The van der Waals surface area contributed by atoms with E-state index in [2.05, 4.69) is 5.32 Å². The van der Waals surface area contributed by atoms with Crippen LogP contribution in [-0.4, -0.2) is 24.0 Å². The first-order chi connectivity index (χ1) is 11.1. The van der Waals surface area contributed by atoms with Crippen LogP contribution in [-0.2, 0) is 16.6 Å². The number of aliphatic hydroxyl groups excluding tert-OH is 1. The zero-order valence-corrected chi connectivity index (χ0v) is 13.1. The van der Waals surface area contributed by atoms with Gasteiger partial charge in [0.05, 0.1) is 16.5 Å². The zero-order valence-electron chi connectivity index (χ0n) is 12.3. The van der Waals surface area contributed by atoms with Gasteiger partial charge in [-0.1, -0.05) is 30.3 Å². The predicted octanol–water partition coefficient (Wildman–Crippen LogP) is 2.01. The summed E-state index contributed by atoms with van der Waals surface area (Å²) in [5, 5.41) is 14.3. The lowest BCUT2D eigenvalue weighted by Crippen LogP contribution is -2.19. The summed E-state index contributed by atoms with van der Waals surface area (Å²) in [6.07, 6.45) is 0.821. The first-order valence-electron chi connectivity index (χ1n) is 7.41. The van der Waals surface area contributed by atoms with E-state index in [0.29, 0.717) is 24.2 Å². The molecule has 0 spiro atoms. The standard InChI is InChI=1S/C17H16N2O3S/c20-16-10-18-9-12-5-4-8-15-17(12)14(16)11-19(15)23(21,22)13-6-2-1-3-7-13/h1-8,11,16,18,20H,9-10H2. The number of β-amino-alcohol motifs (C(OH)–C–C–N with tert-alkyl or cyclic N) is 1. The topological polar surface area (TPSA) is 71.3 Å². The van der Waals surface area contributed by atoms with E-state index in [9.17, 15) is 13.5 Å². The summed E-state index contributed by atoms with van der Waals surface area (Å²) in [6, 6.07) is 13.9. The number of aromatic nitrogens is 1. The molecular formula is C17H16N2O3S. The molecule has 6 heteroatoms. The molecule has 23 heavy (non-hydrogen) atoms. The van der Waals surface area contributed by atoms with Crippen molar-refractivity contribution in [2.24, 2.45) is 0 Å². The van der Waals surface area contributed by atoms with Gasteiger partial charge >= 0.3 is 0 Å². The van der Waals surface area contributed by atoms with Crippen LogP contribution in [0.3, 0.4) is 0 Å². The Balaban J connectivity index is 2.03. The van der Waals surface area contributed by atoms with Crippen molar-refractivity contribution in [2.75, 3.05) is 6.54 Å². The molecule has 0 aliphatic carbocycles. The molecule has 118 valence electrons. The maximum atomic E-state index is 13.0. The molecule has 2 heterocycles. The van der Waals surface area contributed by atoms with Crippen molar-refractivity contribution < 1.29 is 13.5 Å². The van der Waals surface area contributed by atoms with Gasteiger partial charge in [0.25, 0.3) is 10.0 Å². The van der Waals surface area contributed by atoms with E-state index in [1.807, 2.05) is 12.1 Å². The fourth-order valence-electron chi connectivity index (χ4n) is 3.12. The Morgan fingerprint density at radius 2 is 1.87 bits per heavy atom. The van der Waals surface area contributed by atoms with Gasteiger partial charge in [-0.25, -0.2) is 12.4 Å². The van der Waals surface area contributed by atoms with Gasteiger partial charge in [0, 0.05) is 30.2 Å². The Morgan fingerprint density at radius 3 is 2.65 bits per heavy atom. The maximum absolute atomic E-state index is 13.0. The molecule has 0 saturated heterocycles. The van der Waals surface area contributed by atoms with Gasteiger partial charge in [0.15, 0.2) is 0 Å². The molecule has 0 fully saturated rings. The summed E-state index contributed by atoms with van der Waals surface area (Å²) in [5.41, 5.74) is 2.25. The van der Waals surface area contributed by atoms with Gasteiger partial charge in [0.2, 0.25) is 0 Å². The molecule has 4 rings (SSSR count). The van der Waals surface area contributed by atoms with E-state index in [-0.39, 0.29) is 4.90 Å². The highest BCUT2D eigenvalue weighted by Crippen LogP contribution is 2.33. The number of hydrogen-bond donors (Lipinski definition) is 2. The molecule has 5 nitrogen and oxygen atoms in total. The molecule has 1 aromatic heterocycles. The predicted molar refractivity (Wildman–Crippen MR) is 87.6 cm³/mol. The van der Waals surface area contributed by atoms with E-state index in [4.69, 9.17) is 0 Å². The van der Waals surface area contributed by atoms with E-state index >= 15 is 0 Å². The first kappa shape index (κ1) is 14.4. The molecule has 1 aliphatic heterocycles. The minimum absolute atomic E-state index is 0.235. The van der Waals surface area contributed by atoms with Crippen LogP contribution in [0.15, 0.2) is 59.6 Å². The number of rotatable bonds is 2. The van der Waals surface area contributed by atoms with E-state index in [0.717, 1.165) is 10.9 Å². The molecule has 0 saturated carbocycles. The second kappa shape index (κ2) is 5.19. The van der Waals surface area contributed by atoms with Crippen LogP contribution >= 0.6 is 0 Å². The highest BCUT2D eigenvalue weighted by Gasteiger charge is 2.26.